The maximum absolute atomic E-state index is 13.0. The molecule has 1 aliphatic rings. The summed E-state index contributed by atoms with van der Waals surface area (Å²) in [6, 6.07) is 14.1. The quantitative estimate of drug-likeness (QED) is 0.666. The number of aromatic nitrogens is 2. The van der Waals surface area contributed by atoms with Gasteiger partial charge in [-0.1, -0.05) is 30.3 Å². The maximum atomic E-state index is 13.0. The van der Waals surface area contributed by atoms with Gasteiger partial charge in [0.2, 0.25) is 0 Å². The SMILES string of the molecule is Cc1nn(Cc2ccccc2)c(C)c1C(=O)NC[C@@H](c1ccco1)N1CCCC1. The van der Waals surface area contributed by atoms with Crippen LogP contribution in [0.1, 0.15) is 52.0 Å². The van der Waals surface area contributed by atoms with Crippen molar-refractivity contribution in [3.05, 3.63) is 77.0 Å². The van der Waals surface area contributed by atoms with Crippen LogP contribution in [0.4, 0.5) is 0 Å². The Labute approximate surface area is 171 Å². The molecule has 1 saturated heterocycles. The van der Waals surface area contributed by atoms with Gasteiger partial charge in [0.25, 0.3) is 5.91 Å². The number of aryl methyl sites for hydroxylation is 1. The van der Waals surface area contributed by atoms with E-state index in [4.69, 9.17) is 4.42 Å². The fraction of sp³-hybridized carbons (Fsp3) is 0.391. The monoisotopic (exact) mass is 392 g/mol. The highest BCUT2D eigenvalue weighted by molar-refractivity contribution is 5.96. The summed E-state index contributed by atoms with van der Waals surface area (Å²) >= 11 is 0. The molecule has 2 aromatic heterocycles. The van der Waals surface area contributed by atoms with Crippen molar-refractivity contribution in [2.24, 2.45) is 0 Å². The molecule has 0 bridgehead atoms. The van der Waals surface area contributed by atoms with Crippen molar-refractivity contribution >= 4 is 5.91 Å². The van der Waals surface area contributed by atoms with Gasteiger partial charge in [0.05, 0.1) is 30.1 Å². The Morgan fingerprint density at radius 3 is 2.59 bits per heavy atom. The zero-order valence-corrected chi connectivity index (χ0v) is 17.1. The van der Waals surface area contributed by atoms with Gasteiger partial charge in [-0.25, -0.2) is 0 Å². The summed E-state index contributed by atoms with van der Waals surface area (Å²) in [7, 11) is 0. The summed E-state index contributed by atoms with van der Waals surface area (Å²) in [5.41, 5.74) is 3.48. The number of hydrogen-bond acceptors (Lipinski definition) is 4. The normalized spacial score (nSPS) is 15.5. The van der Waals surface area contributed by atoms with Crippen molar-refractivity contribution < 1.29 is 9.21 Å². The van der Waals surface area contributed by atoms with Gasteiger partial charge in [-0.05, 0) is 57.5 Å². The van der Waals surface area contributed by atoms with Gasteiger partial charge in [0.15, 0.2) is 0 Å². The van der Waals surface area contributed by atoms with Gasteiger partial charge in [-0.3, -0.25) is 14.4 Å². The molecule has 6 heteroatoms. The Bertz CT molecular complexity index is 941. The molecule has 3 aromatic rings. The average molecular weight is 393 g/mol. The van der Waals surface area contributed by atoms with Gasteiger partial charge >= 0.3 is 0 Å². The molecular formula is C23H28N4O2. The van der Waals surface area contributed by atoms with Gasteiger partial charge < -0.3 is 9.73 Å². The molecule has 0 aliphatic carbocycles. The molecular weight excluding hydrogens is 364 g/mol. The first-order chi connectivity index (χ1) is 14.1. The van der Waals surface area contributed by atoms with E-state index in [0.717, 1.165) is 35.8 Å². The molecule has 1 N–H and O–H groups in total. The van der Waals surface area contributed by atoms with Crippen LogP contribution in [0.15, 0.2) is 53.1 Å². The number of rotatable bonds is 7. The lowest BCUT2D eigenvalue weighted by atomic mass is 10.1. The molecule has 1 fully saturated rings. The summed E-state index contributed by atoms with van der Waals surface area (Å²) in [6.45, 7) is 7.11. The van der Waals surface area contributed by atoms with E-state index in [2.05, 4.69) is 27.4 Å². The third kappa shape index (κ3) is 4.27. The number of likely N-dealkylation sites (tertiary alicyclic amines) is 1. The highest BCUT2D eigenvalue weighted by Crippen LogP contribution is 2.25. The molecule has 0 unspecified atom stereocenters. The summed E-state index contributed by atoms with van der Waals surface area (Å²) in [4.78, 5) is 15.4. The Morgan fingerprint density at radius 1 is 1.14 bits per heavy atom. The standard InChI is InChI=1S/C23H28N4O2/c1-17-22(18(2)27(25-17)16-19-9-4-3-5-10-19)23(28)24-15-20(21-11-8-14-29-21)26-12-6-7-13-26/h3-5,8-11,14,20H,6-7,12-13,15-16H2,1-2H3,(H,24,28)/t20-/m0/s1. The molecule has 4 rings (SSSR count). The topological polar surface area (TPSA) is 63.3 Å². The van der Waals surface area contributed by atoms with Crippen LogP contribution in [0.2, 0.25) is 0 Å². The van der Waals surface area contributed by atoms with Crippen LogP contribution in [-0.2, 0) is 6.54 Å². The number of hydrogen-bond donors (Lipinski definition) is 1. The third-order valence-corrected chi connectivity index (χ3v) is 5.69. The number of benzene rings is 1. The minimum atomic E-state index is -0.0740. The minimum absolute atomic E-state index is 0.0661. The van der Waals surface area contributed by atoms with E-state index in [1.807, 2.05) is 48.9 Å². The Kier molecular flexibility index (Phi) is 5.81. The van der Waals surface area contributed by atoms with Gasteiger partial charge in [0, 0.05) is 12.2 Å². The van der Waals surface area contributed by atoms with Gasteiger partial charge in [0.1, 0.15) is 5.76 Å². The molecule has 0 saturated carbocycles. The molecule has 0 spiro atoms. The first-order valence-electron chi connectivity index (χ1n) is 10.3. The van der Waals surface area contributed by atoms with E-state index in [1.54, 1.807) is 6.26 Å². The predicted octanol–water partition coefficient (Wildman–Crippen LogP) is 3.71. The molecule has 0 radical (unpaired) electrons. The summed E-state index contributed by atoms with van der Waals surface area (Å²) in [5, 5.41) is 7.74. The largest absolute Gasteiger partial charge is 0.468 e. The zero-order valence-electron chi connectivity index (χ0n) is 17.1. The number of furan rings is 1. The van der Waals surface area contributed by atoms with Crippen molar-refractivity contribution in [1.29, 1.82) is 0 Å². The van der Waals surface area contributed by atoms with E-state index in [9.17, 15) is 4.79 Å². The number of amides is 1. The highest BCUT2D eigenvalue weighted by atomic mass is 16.3. The van der Waals surface area contributed by atoms with Crippen molar-refractivity contribution in [2.75, 3.05) is 19.6 Å². The summed E-state index contributed by atoms with van der Waals surface area (Å²) < 4.78 is 7.56. The van der Waals surface area contributed by atoms with Crippen LogP contribution < -0.4 is 5.32 Å². The molecule has 29 heavy (non-hydrogen) atoms. The first kappa shape index (κ1) is 19.5. The maximum Gasteiger partial charge on any atom is 0.255 e. The van der Waals surface area contributed by atoms with Crippen molar-refractivity contribution in [3.63, 3.8) is 0 Å². The molecule has 152 valence electrons. The molecule has 1 amide bonds. The molecule has 1 aromatic carbocycles. The minimum Gasteiger partial charge on any atom is -0.468 e. The van der Waals surface area contributed by atoms with Crippen molar-refractivity contribution in [3.8, 4) is 0 Å². The summed E-state index contributed by atoms with van der Waals surface area (Å²) in [5.74, 6) is 0.829. The van der Waals surface area contributed by atoms with E-state index >= 15 is 0 Å². The summed E-state index contributed by atoms with van der Waals surface area (Å²) in [6.07, 6.45) is 4.08. The van der Waals surface area contributed by atoms with Crippen LogP contribution >= 0.6 is 0 Å². The third-order valence-electron chi connectivity index (χ3n) is 5.69. The van der Waals surface area contributed by atoms with E-state index in [1.165, 1.54) is 12.8 Å². The van der Waals surface area contributed by atoms with Crippen LogP contribution in [0.25, 0.3) is 0 Å². The lowest BCUT2D eigenvalue weighted by Crippen LogP contribution is -2.37. The Morgan fingerprint density at radius 2 is 1.90 bits per heavy atom. The zero-order chi connectivity index (χ0) is 20.2. The van der Waals surface area contributed by atoms with Crippen LogP contribution in [0, 0.1) is 13.8 Å². The van der Waals surface area contributed by atoms with Crippen LogP contribution in [0.3, 0.4) is 0 Å². The fourth-order valence-corrected chi connectivity index (χ4v) is 4.16. The molecule has 1 atom stereocenters. The first-order valence-corrected chi connectivity index (χ1v) is 10.3. The number of nitrogens with zero attached hydrogens (tertiary/aromatic N) is 3. The van der Waals surface area contributed by atoms with Crippen molar-refractivity contribution in [2.45, 2.75) is 39.3 Å². The Balaban J connectivity index is 1.48. The van der Waals surface area contributed by atoms with E-state index < -0.39 is 0 Å². The second kappa shape index (κ2) is 8.66. The second-order valence-corrected chi connectivity index (χ2v) is 7.67. The predicted molar refractivity (Wildman–Crippen MR) is 112 cm³/mol. The van der Waals surface area contributed by atoms with Gasteiger partial charge in [-0.15, -0.1) is 0 Å². The van der Waals surface area contributed by atoms with E-state index in [-0.39, 0.29) is 11.9 Å². The smallest absolute Gasteiger partial charge is 0.255 e. The second-order valence-electron chi connectivity index (χ2n) is 7.67. The fourth-order valence-electron chi connectivity index (χ4n) is 4.16. The Hall–Kier alpha value is -2.86. The average Bonchev–Trinajstić information content (AvgIpc) is 3.47. The van der Waals surface area contributed by atoms with Gasteiger partial charge in [-0.2, -0.15) is 5.10 Å². The molecule has 6 nitrogen and oxygen atoms in total. The number of carbonyl (C=O) groups is 1. The molecule has 3 heterocycles. The lowest BCUT2D eigenvalue weighted by Gasteiger charge is -2.26. The lowest BCUT2D eigenvalue weighted by molar-refractivity contribution is 0.0932. The molecule has 1 aliphatic heterocycles. The highest BCUT2D eigenvalue weighted by Gasteiger charge is 2.27. The number of nitrogens with one attached hydrogen (secondary N) is 1. The van der Waals surface area contributed by atoms with E-state index in [0.29, 0.717) is 18.7 Å². The van der Waals surface area contributed by atoms with Crippen LogP contribution in [0.5, 0.6) is 0 Å². The number of carbonyl (C=O) groups excluding carboxylic acids is 1. The van der Waals surface area contributed by atoms with Crippen molar-refractivity contribution in [1.82, 2.24) is 20.0 Å². The van der Waals surface area contributed by atoms with Crippen LogP contribution in [-0.4, -0.2) is 40.2 Å².